The van der Waals surface area contributed by atoms with Crippen LogP contribution in [0.1, 0.15) is 0 Å². The molecule has 2 nitrogen and oxygen atoms in total. The topological polar surface area (TPSA) is 24.9 Å². The monoisotopic (exact) mass is 372 g/mol. The fourth-order valence-corrected chi connectivity index (χ4v) is 3.41. The number of nitrogens with zero attached hydrogens (tertiary/aromatic N) is 1. The number of rotatable bonds is 2. The fraction of sp³-hybridized carbons (Fsp3) is 0. The van der Waals surface area contributed by atoms with Crippen LogP contribution in [0.2, 0.25) is 10.0 Å². The largest absolute Gasteiger partial charge is 0.330 e. The van der Waals surface area contributed by atoms with Gasteiger partial charge in [-0.1, -0.05) is 50.5 Å². The lowest BCUT2D eigenvalue weighted by molar-refractivity contribution is 1.44. The molecular formula is C13H7BrCl2N2S. The summed E-state index contributed by atoms with van der Waals surface area (Å²) in [5.41, 5.74) is 1.71. The van der Waals surface area contributed by atoms with Crippen molar-refractivity contribution in [3.63, 3.8) is 0 Å². The minimum Gasteiger partial charge on any atom is -0.330 e. The molecule has 96 valence electrons. The maximum Gasteiger partial charge on any atom is 0.188 e. The maximum absolute atomic E-state index is 6.17. The van der Waals surface area contributed by atoms with Crippen molar-refractivity contribution in [1.29, 1.82) is 0 Å². The third-order valence-corrected chi connectivity index (χ3v) is 4.52. The number of hydrogen-bond acceptors (Lipinski definition) is 3. The molecule has 1 heterocycles. The van der Waals surface area contributed by atoms with Gasteiger partial charge in [-0.2, -0.15) is 0 Å². The predicted octanol–water partition coefficient (Wildman–Crippen LogP) is 6.11. The summed E-state index contributed by atoms with van der Waals surface area (Å²) < 4.78 is 2.03. The molecule has 0 saturated heterocycles. The van der Waals surface area contributed by atoms with E-state index in [2.05, 4.69) is 26.2 Å². The average molecular weight is 374 g/mol. The van der Waals surface area contributed by atoms with Gasteiger partial charge >= 0.3 is 0 Å². The summed E-state index contributed by atoms with van der Waals surface area (Å²) in [4.78, 5) is 4.48. The highest BCUT2D eigenvalue weighted by Gasteiger charge is 2.07. The van der Waals surface area contributed by atoms with Gasteiger partial charge < -0.3 is 5.32 Å². The van der Waals surface area contributed by atoms with Crippen LogP contribution in [0.25, 0.3) is 10.2 Å². The van der Waals surface area contributed by atoms with Gasteiger partial charge in [0.2, 0.25) is 0 Å². The van der Waals surface area contributed by atoms with E-state index in [0.29, 0.717) is 10.0 Å². The first-order chi connectivity index (χ1) is 9.11. The summed E-state index contributed by atoms with van der Waals surface area (Å²) in [7, 11) is 0. The minimum absolute atomic E-state index is 0.645. The van der Waals surface area contributed by atoms with E-state index in [1.54, 1.807) is 11.3 Å². The smallest absolute Gasteiger partial charge is 0.188 e. The van der Waals surface area contributed by atoms with E-state index in [0.717, 1.165) is 25.5 Å². The van der Waals surface area contributed by atoms with Gasteiger partial charge in [0.1, 0.15) is 0 Å². The van der Waals surface area contributed by atoms with E-state index in [1.165, 1.54) is 0 Å². The molecule has 1 N–H and O–H groups in total. The highest BCUT2D eigenvalue weighted by Crippen LogP contribution is 2.33. The lowest BCUT2D eigenvalue weighted by Crippen LogP contribution is -1.89. The van der Waals surface area contributed by atoms with Gasteiger partial charge in [-0.15, -0.1) is 0 Å². The second-order valence-corrected chi connectivity index (χ2v) is 6.67. The molecule has 0 unspecified atom stereocenters. The van der Waals surface area contributed by atoms with Gasteiger partial charge in [-0.25, -0.2) is 4.98 Å². The third kappa shape index (κ3) is 2.87. The van der Waals surface area contributed by atoms with Gasteiger partial charge in [0.15, 0.2) is 5.13 Å². The third-order valence-electron chi connectivity index (χ3n) is 2.52. The first kappa shape index (κ1) is 13.2. The van der Waals surface area contributed by atoms with Crippen molar-refractivity contribution in [2.75, 3.05) is 5.32 Å². The molecule has 0 fully saturated rings. The lowest BCUT2D eigenvalue weighted by atomic mass is 10.3. The van der Waals surface area contributed by atoms with Crippen molar-refractivity contribution in [2.24, 2.45) is 0 Å². The van der Waals surface area contributed by atoms with Gasteiger partial charge in [0.05, 0.1) is 20.9 Å². The van der Waals surface area contributed by atoms with Gasteiger partial charge in [0, 0.05) is 9.50 Å². The van der Waals surface area contributed by atoms with E-state index >= 15 is 0 Å². The van der Waals surface area contributed by atoms with E-state index in [1.807, 2.05) is 36.4 Å². The molecule has 1 aromatic heterocycles. The van der Waals surface area contributed by atoms with Crippen LogP contribution < -0.4 is 5.32 Å². The summed E-state index contributed by atoms with van der Waals surface area (Å²) in [5.74, 6) is 0. The number of anilines is 2. The van der Waals surface area contributed by atoms with Gasteiger partial charge in [0.25, 0.3) is 0 Å². The highest BCUT2D eigenvalue weighted by atomic mass is 79.9. The Balaban J connectivity index is 1.96. The van der Waals surface area contributed by atoms with Crippen LogP contribution in [-0.4, -0.2) is 4.98 Å². The van der Waals surface area contributed by atoms with Crippen LogP contribution in [0.5, 0.6) is 0 Å². The quantitative estimate of drug-likeness (QED) is 0.586. The molecular weight excluding hydrogens is 367 g/mol. The van der Waals surface area contributed by atoms with Crippen molar-refractivity contribution >= 4 is 71.5 Å². The van der Waals surface area contributed by atoms with E-state index in [4.69, 9.17) is 23.2 Å². The maximum atomic E-state index is 6.17. The average Bonchev–Trinajstić information content (AvgIpc) is 2.74. The Bertz CT molecular complexity index is 757. The molecule has 6 heteroatoms. The Morgan fingerprint density at radius 2 is 1.95 bits per heavy atom. The van der Waals surface area contributed by atoms with Crippen molar-refractivity contribution in [1.82, 2.24) is 4.98 Å². The normalized spacial score (nSPS) is 10.9. The Morgan fingerprint density at radius 3 is 2.74 bits per heavy atom. The molecule has 2 aromatic carbocycles. The number of nitrogens with one attached hydrogen (secondary N) is 1. The summed E-state index contributed by atoms with van der Waals surface area (Å²) in [6.07, 6.45) is 0. The van der Waals surface area contributed by atoms with Crippen LogP contribution in [0.3, 0.4) is 0 Å². The molecule has 0 aliphatic carbocycles. The summed E-state index contributed by atoms with van der Waals surface area (Å²) >= 11 is 17.1. The van der Waals surface area contributed by atoms with E-state index in [9.17, 15) is 0 Å². The molecule has 0 aliphatic heterocycles. The molecule has 0 spiro atoms. The number of halogens is 3. The van der Waals surface area contributed by atoms with Crippen LogP contribution in [0, 0.1) is 0 Å². The van der Waals surface area contributed by atoms with Crippen LogP contribution in [-0.2, 0) is 0 Å². The molecule has 0 radical (unpaired) electrons. The van der Waals surface area contributed by atoms with Gasteiger partial charge in [-0.3, -0.25) is 0 Å². The Labute approximate surface area is 132 Å². The number of fused-ring (bicyclic) bond motifs is 1. The van der Waals surface area contributed by atoms with Crippen LogP contribution in [0.4, 0.5) is 10.8 Å². The molecule has 0 saturated carbocycles. The van der Waals surface area contributed by atoms with Crippen LogP contribution >= 0.6 is 50.5 Å². The lowest BCUT2D eigenvalue weighted by Gasteiger charge is -2.04. The van der Waals surface area contributed by atoms with Crippen molar-refractivity contribution in [3.8, 4) is 0 Å². The number of hydrogen-bond donors (Lipinski definition) is 1. The molecule has 3 rings (SSSR count). The zero-order valence-electron chi connectivity index (χ0n) is 9.45. The molecule has 3 aromatic rings. The first-order valence-electron chi connectivity index (χ1n) is 5.40. The Hall–Kier alpha value is -0.810. The number of thiazole rings is 1. The zero-order chi connectivity index (χ0) is 13.4. The second-order valence-electron chi connectivity index (χ2n) is 3.88. The predicted molar refractivity (Wildman–Crippen MR) is 87.1 cm³/mol. The van der Waals surface area contributed by atoms with Crippen molar-refractivity contribution < 1.29 is 0 Å². The summed E-state index contributed by atoms with van der Waals surface area (Å²) in [6, 6.07) is 11.3. The van der Waals surface area contributed by atoms with Crippen LogP contribution in [0.15, 0.2) is 40.9 Å². The molecule has 19 heavy (non-hydrogen) atoms. The Kier molecular flexibility index (Phi) is 3.67. The van der Waals surface area contributed by atoms with Crippen molar-refractivity contribution in [2.45, 2.75) is 0 Å². The summed E-state index contributed by atoms with van der Waals surface area (Å²) in [5, 5.41) is 5.34. The number of benzene rings is 2. The van der Waals surface area contributed by atoms with Gasteiger partial charge in [-0.05, 0) is 36.4 Å². The molecule has 0 aliphatic rings. The second kappa shape index (κ2) is 5.29. The fourth-order valence-electron chi connectivity index (χ4n) is 1.66. The number of aromatic nitrogens is 1. The molecule has 0 amide bonds. The SMILES string of the molecule is Clc1ccc2sc(Nc3ccc(Br)cc3Cl)nc2c1. The first-order valence-corrected chi connectivity index (χ1v) is 7.76. The highest BCUT2D eigenvalue weighted by molar-refractivity contribution is 9.10. The standard InChI is InChI=1S/C13H7BrCl2N2S/c14-7-1-3-10(9(16)5-7)17-13-18-11-6-8(15)2-4-12(11)19-13/h1-6H,(H,17,18). The molecule has 0 atom stereocenters. The zero-order valence-corrected chi connectivity index (χ0v) is 13.4. The minimum atomic E-state index is 0.645. The van der Waals surface area contributed by atoms with E-state index in [-0.39, 0.29) is 0 Å². The summed E-state index contributed by atoms with van der Waals surface area (Å²) in [6.45, 7) is 0. The molecule has 0 bridgehead atoms. The Morgan fingerprint density at radius 1 is 1.11 bits per heavy atom. The van der Waals surface area contributed by atoms with E-state index < -0.39 is 0 Å². The van der Waals surface area contributed by atoms with Crippen molar-refractivity contribution in [3.05, 3.63) is 50.9 Å².